The maximum absolute atomic E-state index is 12.4. The predicted octanol–water partition coefficient (Wildman–Crippen LogP) is 3.53. The van der Waals surface area contributed by atoms with Crippen LogP contribution in [0.3, 0.4) is 0 Å². The smallest absolute Gasteiger partial charge is 0.264 e. The summed E-state index contributed by atoms with van der Waals surface area (Å²) in [5, 5.41) is -0.0400. The highest BCUT2D eigenvalue weighted by Crippen LogP contribution is 2.30. The summed E-state index contributed by atoms with van der Waals surface area (Å²) in [6.07, 6.45) is 0. The van der Waals surface area contributed by atoms with E-state index in [1.807, 2.05) is 0 Å². The minimum absolute atomic E-state index is 0.112. The molecule has 0 bridgehead atoms. The number of nitrogens with zero attached hydrogens (tertiary/aromatic N) is 2. The second-order valence-electron chi connectivity index (χ2n) is 3.88. The molecule has 0 aliphatic heterocycles. The van der Waals surface area contributed by atoms with Crippen LogP contribution in [0.15, 0.2) is 28.0 Å². The number of methoxy groups -OCH3 is 1. The molecule has 22 heavy (non-hydrogen) atoms. The number of hydrogen-bond donors (Lipinski definition) is 2. The Labute approximate surface area is 147 Å². The Morgan fingerprint density at radius 3 is 2.45 bits per heavy atom. The van der Waals surface area contributed by atoms with Gasteiger partial charge in [0.25, 0.3) is 15.9 Å². The molecule has 1 heterocycles. The summed E-state index contributed by atoms with van der Waals surface area (Å²) in [6.45, 7) is 0. The van der Waals surface area contributed by atoms with Crippen LogP contribution < -0.4 is 9.46 Å². The van der Waals surface area contributed by atoms with Crippen molar-refractivity contribution in [1.82, 2.24) is 9.97 Å². The van der Waals surface area contributed by atoms with Crippen LogP contribution in [0.25, 0.3) is 0 Å². The molecule has 6 nitrogen and oxygen atoms in total. The number of rotatable bonds is 4. The third-order valence-corrected chi connectivity index (χ3v) is 5.20. The number of hydrogen-bond acceptors (Lipinski definition) is 6. The number of anilines is 1. The Kier molecular flexibility index (Phi) is 5.29. The van der Waals surface area contributed by atoms with Gasteiger partial charge in [-0.1, -0.05) is 34.8 Å². The fraction of sp³-hybridized carbons (Fsp3) is 0.0909. The van der Waals surface area contributed by atoms with Gasteiger partial charge < -0.3 is 4.74 Å². The number of thiol groups is 1. The number of nitrogens with one attached hydrogen (secondary N) is 1. The first-order valence-corrected chi connectivity index (χ1v) is 8.59. The van der Waals surface area contributed by atoms with E-state index in [9.17, 15) is 8.42 Å². The van der Waals surface area contributed by atoms with Crippen molar-refractivity contribution >= 4 is 63.3 Å². The first-order chi connectivity index (χ1) is 10.2. The van der Waals surface area contributed by atoms with E-state index in [0.29, 0.717) is 0 Å². The van der Waals surface area contributed by atoms with Crippen molar-refractivity contribution in [2.75, 3.05) is 11.8 Å². The van der Waals surface area contributed by atoms with E-state index in [2.05, 4.69) is 27.3 Å². The fourth-order valence-corrected chi connectivity index (χ4v) is 3.58. The zero-order chi connectivity index (χ0) is 16.5. The molecular weight excluding hydrogens is 393 g/mol. The Morgan fingerprint density at radius 2 is 1.82 bits per heavy atom. The number of benzene rings is 1. The van der Waals surface area contributed by atoms with Gasteiger partial charge in [-0.25, -0.2) is 13.4 Å². The van der Waals surface area contributed by atoms with Crippen LogP contribution in [-0.4, -0.2) is 25.5 Å². The molecule has 0 aliphatic rings. The van der Waals surface area contributed by atoms with Crippen molar-refractivity contribution in [3.05, 3.63) is 33.5 Å². The lowest BCUT2D eigenvalue weighted by Crippen LogP contribution is -2.16. The molecule has 0 spiro atoms. The zero-order valence-electron chi connectivity index (χ0n) is 10.8. The highest BCUT2D eigenvalue weighted by molar-refractivity contribution is 7.93. The van der Waals surface area contributed by atoms with Gasteiger partial charge in [0.05, 0.1) is 7.11 Å². The van der Waals surface area contributed by atoms with E-state index in [1.165, 1.54) is 25.3 Å². The maximum Gasteiger partial charge on any atom is 0.264 e. The van der Waals surface area contributed by atoms with Crippen LogP contribution in [0.4, 0.5) is 5.82 Å². The maximum atomic E-state index is 12.4. The zero-order valence-corrected chi connectivity index (χ0v) is 14.8. The minimum Gasteiger partial charge on any atom is -0.478 e. The summed E-state index contributed by atoms with van der Waals surface area (Å²) in [6, 6.07) is 4.23. The quantitative estimate of drug-likeness (QED) is 0.767. The van der Waals surface area contributed by atoms with Gasteiger partial charge in [0.2, 0.25) is 5.82 Å². The van der Waals surface area contributed by atoms with Crippen LogP contribution in [0.2, 0.25) is 15.3 Å². The Hall–Kier alpha value is -0.930. The lowest BCUT2D eigenvalue weighted by molar-refractivity contribution is 0.398. The summed E-state index contributed by atoms with van der Waals surface area (Å²) in [5.74, 6) is -0.328. The van der Waals surface area contributed by atoms with Gasteiger partial charge in [-0.3, -0.25) is 4.72 Å². The molecule has 0 aliphatic carbocycles. The Morgan fingerprint density at radius 1 is 1.18 bits per heavy atom. The van der Waals surface area contributed by atoms with Gasteiger partial charge in [0.15, 0.2) is 10.3 Å². The predicted molar refractivity (Wildman–Crippen MR) is 88.1 cm³/mol. The highest BCUT2D eigenvalue weighted by atomic mass is 35.5. The first kappa shape index (κ1) is 17.4. The average molecular weight is 401 g/mol. The highest BCUT2D eigenvalue weighted by Gasteiger charge is 2.22. The molecule has 11 heteroatoms. The van der Waals surface area contributed by atoms with Crippen molar-refractivity contribution in [3.8, 4) is 5.88 Å². The Balaban J connectivity index is 2.49. The van der Waals surface area contributed by atoms with Gasteiger partial charge in [-0.05, 0) is 18.2 Å². The van der Waals surface area contributed by atoms with Crippen LogP contribution in [0.5, 0.6) is 5.88 Å². The normalized spacial score (nSPS) is 11.3. The third kappa shape index (κ3) is 3.69. The van der Waals surface area contributed by atoms with Gasteiger partial charge in [-0.2, -0.15) is 4.98 Å². The lowest BCUT2D eigenvalue weighted by atomic mass is 10.4. The van der Waals surface area contributed by atoms with E-state index in [1.54, 1.807) is 0 Å². The standard InChI is InChI=1S/C11H8Cl3N3O3S2/c1-20-11-10(15-8(13)9(14)16-11)17-22(18,19)7-4-5(12)2-3-6(7)21/h2-4,21H,1H3,(H,15,17). The molecule has 0 saturated carbocycles. The summed E-state index contributed by atoms with van der Waals surface area (Å²) >= 11 is 21.4. The van der Waals surface area contributed by atoms with Crippen molar-refractivity contribution in [3.63, 3.8) is 0 Å². The molecule has 0 radical (unpaired) electrons. The molecule has 2 rings (SSSR count). The lowest BCUT2D eigenvalue weighted by Gasteiger charge is -2.12. The van der Waals surface area contributed by atoms with Crippen LogP contribution in [0.1, 0.15) is 0 Å². The largest absolute Gasteiger partial charge is 0.478 e. The van der Waals surface area contributed by atoms with Crippen LogP contribution >= 0.6 is 47.4 Å². The van der Waals surface area contributed by atoms with E-state index in [4.69, 9.17) is 39.5 Å². The van der Waals surface area contributed by atoms with Crippen LogP contribution in [-0.2, 0) is 10.0 Å². The van der Waals surface area contributed by atoms with Crippen molar-refractivity contribution in [2.45, 2.75) is 9.79 Å². The molecule has 0 saturated heterocycles. The second kappa shape index (κ2) is 6.67. The van der Waals surface area contributed by atoms with Gasteiger partial charge >= 0.3 is 0 Å². The van der Waals surface area contributed by atoms with Gasteiger partial charge in [0, 0.05) is 9.92 Å². The second-order valence-corrected chi connectivity index (χ2v) is 7.17. The van der Waals surface area contributed by atoms with E-state index in [0.717, 1.165) is 0 Å². The molecule has 0 atom stereocenters. The number of ether oxygens (including phenoxy) is 1. The molecular formula is C11H8Cl3N3O3S2. The molecule has 2 aromatic rings. The molecule has 118 valence electrons. The summed E-state index contributed by atoms with van der Waals surface area (Å²) in [4.78, 5) is 7.68. The molecule has 1 N–H and O–H groups in total. The Bertz CT molecular complexity index is 831. The molecule has 1 aromatic heterocycles. The van der Waals surface area contributed by atoms with E-state index in [-0.39, 0.29) is 36.8 Å². The van der Waals surface area contributed by atoms with Crippen molar-refractivity contribution in [2.24, 2.45) is 0 Å². The minimum atomic E-state index is -4.02. The number of aromatic nitrogens is 2. The SMILES string of the molecule is COc1nc(Cl)c(Cl)nc1NS(=O)(=O)c1cc(Cl)ccc1S. The topological polar surface area (TPSA) is 81.2 Å². The summed E-state index contributed by atoms with van der Waals surface area (Å²) < 4.78 is 32.0. The number of sulfonamides is 1. The monoisotopic (exact) mass is 399 g/mol. The molecule has 1 aromatic carbocycles. The third-order valence-electron chi connectivity index (χ3n) is 2.42. The summed E-state index contributed by atoms with van der Waals surface area (Å²) in [5.41, 5.74) is 0. The average Bonchev–Trinajstić information content (AvgIpc) is 2.44. The molecule has 0 unspecified atom stereocenters. The fourth-order valence-electron chi connectivity index (χ4n) is 1.47. The van der Waals surface area contributed by atoms with Crippen LogP contribution in [0, 0.1) is 0 Å². The first-order valence-electron chi connectivity index (χ1n) is 5.53. The molecule has 0 fully saturated rings. The van der Waals surface area contributed by atoms with E-state index < -0.39 is 10.0 Å². The summed E-state index contributed by atoms with van der Waals surface area (Å²) in [7, 11) is -2.74. The van der Waals surface area contributed by atoms with Gasteiger partial charge in [0.1, 0.15) is 4.90 Å². The number of halogens is 3. The van der Waals surface area contributed by atoms with Gasteiger partial charge in [-0.15, -0.1) is 12.6 Å². The molecule has 0 amide bonds. The van der Waals surface area contributed by atoms with E-state index >= 15 is 0 Å². The van der Waals surface area contributed by atoms with Crippen molar-refractivity contribution in [1.29, 1.82) is 0 Å². The van der Waals surface area contributed by atoms with Crippen molar-refractivity contribution < 1.29 is 13.2 Å².